The molecule has 1 saturated heterocycles. The summed E-state index contributed by atoms with van der Waals surface area (Å²) in [6.07, 6.45) is 1.93. The number of aliphatic hydroxyl groups excluding tert-OH is 2. The van der Waals surface area contributed by atoms with Gasteiger partial charge in [-0.05, 0) is 80.5 Å². The van der Waals surface area contributed by atoms with E-state index < -0.39 is 24.2 Å². The Bertz CT molecular complexity index is 1000. The van der Waals surface area contributed by atoms with Crippen molar-refractivity contribution in [1.29, 1.82) is 0 Å². The van der Waals surface area contributed by atoms with Gasteiger partial charge in [0.05, 0.1) is 19.3 Å². The minimum absolute atomic E-state index is 0.110. The largest absolute Gasteiger partial charge is 0.394 e. The molecule has 5 rings (SSSR count). The summed E-state index contributed by atoms with van der Waals surface area (Å²) < 4.78 is 0. The van der Waals surface area contributed by atoms with Crippen LogP contribution in [0.3, 0.4) is 0 Å². The van der Waals surface area contributed by atoms with E-state index in [4.69, 9.17) is 4.84 Å². The van der Waals surface area contributed by atoms with E-state index in [0.717, 1.165) is 31.5 Å². The Hall–Kier alpha value is -1.55. The lowest BCUT2D eigenvalue weighted by Crippen LogP contribution is -2.62. The highest BCUT2D eigenvalue weighted by atomic mass is 16.7. The fourth-order valence-corrected chi connectivity index (χ4v) is 8.00. The first-order chi connectivity index (χ1) is 19.3. The molecule has 4 fully saturated rings. The van der Waals surface area contributed by atoms with Crippen molar-refractivity contribution in [2.75, 3.05) is 27.2 Å². The maximum Gasteiger partial charge on any atom is 0.240 e. The van der Waals surface area contributed by atoms with E-state index in [1.54, 1.807) is 12.0 Å². The van der Waals surface area contributed by atoms with Crippen LogP contribution in [-0.4, -0.2) is 83.7 Å². The molecule has 9 atom stereocenters. The van der Waals surface area contributed by atoms with Crippen molar-refractivity contribution in [3.8, 4) is 0 Å². The first kappa shape index (κ1) is 32.4. The predicted molar refractivity (Wildman–Crippen MR) is 163 cm³/mol. The lowest BCUT2D eigenvalue weighted by Gasteiger charge is -2.62. The van der Waals surface area contributed by atoms with Crippen LogP contribution in [0.15, 0.2) is 24.3 Å². The zero-order chi connectivity index (χ0) is 30.1. The molecule has 8 heteroatoms. The summed E-state index contributed by atoms with van der Waals surface area (Å²) in [5.74, 6) is 1.65. The van der Waals surface area contributed by atoms with Gasteiger partial charge in [-0.15, -0.1) is 0 Å². The zero-order valence-corrected chi connectivity index (χ0v) is 26.6. The van der Waals surface area contributed by atoms with Gasteiger partial charge in [-0.3, -0.25) is 9.63 Å². The fraction of sp³-hybridized carbons (Fsp3) is 0.788. The molecule has 8 nitrogen and oxygen atoms in total. The number of nitrogens with one attached hydrogen (secondary N) is 2. The van der Waals surface area contributed by atoms with Crippen molar-refractivity contribution in [1.82, 2.24) is 20.6 Å². The molecular weight excluding hydrogens is 516 g/mol. The van der Waals surface area contributed by atoms with Crippen LogP contribution in [0.5, 0.6) is 0 Å². The van der Waals surface area contributed by atoms with Crippen molar-refractivity contribution in [2.24, 2.45) is 35.0 Å². The van der Waals surface area contributed by atoms with E-state index >= 15 is 0 Å². The summed E-state index contributed by atoms with van der Waals surface area (Å²) in [6.45, 7) is 15.1. The van der Waals surface area contributed by atoms with E-state index in [1.807, 2.05) is 6.07 Å². The third-order valence-corrected chi connectivity index (χ3v) is 10.3. The number of amides is 1. The minimum atomic E-state index is -0.797. The molecule has 1 aromatic carbocycles. The molecule has 1 aliphatic heterocycles. The van der Waals surface area contributed by atoms with Crippen molar-refractivity contribution in [3.63, 3.8) is 0 Å². The Morgan fingerprint density at radius 3 is 2.49 bits per heavy atom. The molecule has 41 heavy (non-hydrogen) atoms. The van der Waals surface area contributed by atoms with E-state index in [2.05, 4.69) is 82.4 Å². The minimum Gasteiger partial charge on any atom is -0.394 e. The Morgan fingerprint density at radius 2 is 1.90 bits per heavy atom. The number of hydroxylamine groups is 2. The fourth-order valence-electron chi connectivity index (χ4n) is 8.00. The highest BCUT2D eigenvalue weighted by molar-refractivity contribution is 5.82. The van der Waals surface area contributed by atoms with Crippen LogP contribution in [0, 0.1) is 35.0 Å². The second-order valence-corrected chi connectivity index (χ2v) is 14.5. The summed E-state index contributed by atoms with van der Waals surface area (Å²) in [4.78, 5) is 22.3. The molecular formula is C33H56N4O4. The maximum atomic E-state index is 13.9. The smallest absolute Gasteiger partial charge is 0.240 e. The molecule has 0 radical (unpaired) electrons. The second-order valence-electron chi connectivity index (χ2n) is 14.5. The number of carbonyl (C=O) groups excluding carboxylic acids is 1. The number of benzene rings is 1. The average Bonchev–Trinajstić information content (AvgIpc) is 3.26. The number of fused-ring (bicyclic) bond motifs is 2. The van der Waals surface area contributed by atoms with Crippen LogP contribution in [0.4, 0.5) is 0 Å². The molecule has 0 aromatic heterocycles. The van der Waals surface area contributed by atoms with Crippen LogP contribution < -0.4 is 10.6 Å². The van der Waals surface area contributed by atoms with Gasteiger partial charge >= 0.3 is 0 Å². The van der Waals surface area contributed by atoms with Gasteiger partial charge in [0.2, 0.25) is 5.91 Å². The van der Waals surface area contributed by atoms with Crippen LogP contribution in [0.1, 0.15) is 71.9 Å². The third kappa shape index (κ3) is 7.34. The van der Waals surface area contributed by atoms with E-state index in [9.17, 15) is 15.0 Å². The van der Waals surface area contributed by atoms with Gasteiger partial charge in [-0.2, -0.15) is 5.06 Å². The molecule has 1 amide bonds. The van der Waals surface area contributed by atoms with Gasteiger partial charge in [-0.25, -0.2) is 0 Å². The molecule has 0 spiro atoms. The van der Waals surface area contributed by atoms with Crippen molar-refractivity contribution in [3.05, 3.63) is 35.4 Å². The highest BCUT2D eigenvalue weighted by Gasteiger charge is 2.57. The van der Waals surface area contributed by atoms with Crippen LogP contribution >= 0.6 is 0 Å². The Labute approximate surface area is 248 Å². The quantitative estimate of drug-likeness (QED) is 0.288. The normalized spacial score (nSPS) is 32.6. The van der Waals surface area contributed by atoms with Crippen molar-refractivity contribution >= 4 is 5.91 Å². The van der Waals surface area contributed by atoms with Crippen LogP contribution in [0.25, 0.3) is 0 Å². The number of likely N-dealkylation sites (N-methyl/N-ethyl adjacent to an activating group) is 1. The topological polar surface area (TPSA) is 97.3 Å². The molecule has 1 heterocycles. The summed E-state index contributed by atoms with van der Waals surface area (Å²) in [6, 6.07) is 8.24. The number of rotatable bonds is 13. The number of hydrogen-bond donors (Lipinski definition) is 4. The van der Waals surface area contributed by atoms with Crippen LogP contribution in [-0.2, 0) is 22.7 Å². The molecule has 4 aliphatic rings. The lowest BCUT2D eigenvalue weighted by molar-refractivity contribution is -0.183. The van der Waals surface area contributed by atoms with Gasteiger partial charge < -0.3 is 25.7 Å². The third-order valence-electron chi connectivity index (χ3n) is 10.3. The second kappa shape index (κ2) is 13.4. The summed E-state index contributed by atoms with van der Waals surface area (Å²) in [5.41, 5.74) is 2.56. The molecule has 3 saturated carbocycles. The van der Waals surface area contributed by atoms with Gasteiger partial charge in [0.25, 0.3) is 0 Å². The zero-order valence-electron chi connectivity index (χ0n) is 26.6. The summed E-state index contributed by atoms with van der Waals surface area (Å²) in [5, 5.41) is 29.6. The maximum absolute atomic E-state index is 13.9. The van der Waals surface area contributed by atoms with Crippen molar-refractivity contribution < 1.29 is 19.8 Å². The number of hydrogen-bond acceptors (Lipinski definition) is 7. The van der Waals surface area contributed by atoms with Crippen LogP contribution in [0.2, 0.25) is 0 Å². The Morgan fingerprint density at radius 1 is 1.20 bits per heavy atom. The van der Waals surface area contributed by atoms with Gasteiger partial charge in [0.1, 0.15) is 12.1 Å². The highest BCUT2D eigenvalue weighted by Crippen LogP contribution is 2.61. The lowest BCUT2D eigenvalue weighted by atomic mass is 9.45. The number of carbonyl (C=O) groups is 1. The van der Waals surface area contributed by atoms with E-state index in [1.165, 1.54) is 12.0 Å². The SMILES string of the molecule is CC(C)C[C@@H](CN(C)C)NCc1cccc(CN2O[C@@H](CO)C([C@H](C)O)[C@H]2C(=O)N[C@H]2C[C@H]3C[C@@H]([C@@H]2C)C3(C)C)c1. The standard InChI is InChI=1S/C33H56N4O4/c1-20(2)12-26(18-36(7)8)34-16-23-10-9-11-24(13-23)17-37-31(30(22(4)39)29(19-38)41-37)32(40)35-28-15-25-14-27(21(28)3)33(25,5)6/h9-11,13,20-22,25-31,34,38-39H,12,14-19H2,1-8H3,(H,35,40)/t21-,22-,25+,26-,27-,28-,29-,30?,31-/m0/s1. The van der Waals surface area contributed by atoms with Gasteiger partial charge in [-0.1, -0.05) is 58.9 Å². The number of nitrogens with zero attached hydrogens (tertiary/aromatic N) is 2. The molecule has 4 N–H and O–H groups in total. The van der Waals surface area contributed by atoms with E-state index in [0.29, 0.717) is 41.7 Å². The van der Waals surface area contributed by atoms with E-state index in [-0.39, 0.29) is 18.6 Å². The Kier molecular flexibility index (Phi) is 10.6. The van der Waals surface area contributed by atoms with Gasteiger partial charge in [0, 0.05) is 31.1 Å². The monoisotopic (exact) mass is 572 g/mol. The first-order valence-corrected chi connectivity index (χ1v) is 15.8. The van der Waals surface area contributed by atoms with Gasteiger partial charge in [0.15, 0.2) is 0 Å². The summed E-state index contributed by atoms with van der Waals surface area (Å²) >= 11 is 0. The number of aliphatic hydroxyl groups is 2. The molecule has 1 aromatic rings. The first-order valence-electron chi connectivity index (χ1n) is 15.8. The van der Waals surface area contributed by atoms with Crippen molar-refractivity contribution in [2.45, 2.75) is 104 Å². The Balaban J connectivity index is 1.46. The average molecular weight is 573 g/mol. The molecule has 3 aliphatic carbocycles. The predicted octanol–water partition coefficient (Wildman–Crippen LogP) is 3.41. The molecule has 1 unspecified atom stereocenters. The summed E-state index contributed by atoms with van der Waals surface area (Å²) in [7, 11) is 4.22. The molecule has 232 valence electrons. The molecule has 2 bridgehead atoms.